The first-order valence-corrected chi connectivity index (χ1v) is 4.34. The maximum Gasteiger partial charge on any atom is 0.173 e. The summed E-state index contributed by atoms with van der Waals surface area (Å²) in [5.41, 5.74) is 7.09. The summed E-state index contributed by atoms with van der Waals surface area (Å²) in [6, 6.07) is 2.99. The molecular formula is C10H10FN3O. The quantitative estimate of drug-likeness (QED) is 0.738. The molecular weight excluding hydrogens is 197 g/mol. The molecule has 78 valence electrons. The zero-order chi connectivity index (χ0) is 10.8. The average molecular weight is 207 g/mol. The van der Waals surface area contributed by atoms with Crippen LogP contribution in [0.2, 0.25) is 0 Å². The number of hydrogen-bond donors (Lipinski definition) is 2. The first-order chi connectivity index (χ1) is 7.22. The van der Waals surface area contributed by atoms with Crippen molar-refractivity contribution in [2.75, 3.05) is 12.8 Å². The van der Waals surface area contributed by atoms with Gasteiger partial charge in [0.15, 0.2) is 11.6 Å². The molecule has 1 aromatic carbocycles. The summed E-state index contributed by atoms with van der Waals surface area (Å²) in [5.74, 6) is -0.306. The Bertz CT molecular complexity index is 468. The van der Waals surface area contributed by atoms with Crippen molar-refractivity contribution in [2.24, 2.45) is 0 Å². The van der Waals surface area contributed by atoms with Gasteiger partial charge < -0.3 is 10.5 Å². The van der Waals surface area contributed by atoms with Crippen LogP contribution in [0.3, 0.4) is 0 Å². The summed E-state index contributed by atoms with van der Waals surface area (Å²) in [6.45, 7) is 0. The van der Waals surface area contributed by atoms with E-state index in [4.69, 9.17) is 10.5 Å². The molecule has 1 heterocycles. The molecule has 0 unspecified atom stereocenters. The highest BCUT2D eigenvalue weighted by molar-refractivity contribution is 5.69. The Kier molecular flexibility index (Phi) is 2.29. The van der Waals surface area contributed by atoms with Crippen molar-refractivity contribution in [3.63, 3.8) is 0 Å². The Balaban J connectivity index is 2.61. The van der Waals surface area contributed by atoms with Crippen LogP contribution in [-0.2, 0) is 0 Å². The van der Waals surface area contributed by atoms with Gasteiger partial charge in [-0.2, -0.15) is 5.10 Å². The van der Waals surface area contributed by atoms with Crippen molar-refractivity contribution in [2.45, 2.75) is 0 Å². The van der Waals surface area contributed by atoms with E-state index in [1.54, 1.807) is 12.3 Å². The third-order valence-electron chi connectivity index (χ3n) is 2.09. The fourth-order valence-corrected chi connectivity index (χ4v) is 1.38. The third kappa shape index (κ3) is 1.63. The lowest BCUT2D eigenvalue weighted by atomic mass is 10.1. The van der Waals surface area contributed by atoms with Gasteiger partial charge in [0.25, 0.3) is 0 Å². The number of nitrogens with one attached hydrogen (secondary N) is 1. The highest BCUT2D eigenvalue weighted by Gasteiger charge is 2.12. The number of methoxy groups -OCH3 is 1. The van der Waals surface area contributed by atoms with Gasteiger partial charge >= 0.3 is 0 Å². The van der Waals surface area contributed by atoms with Crippen molar-refractivity contribution < 1.29 is 9.13 Å². The molecule has 0 aliphatic heterocycles. The van der Waals surface area contributed by atoms with E-state index < -0.39 is 5.82 Å². The predicted octanol–water partition coefficient (Wildman–Crippen LogP) is 1.81. The van der Waals surface area contributed by atoms with E-state index in [2.05, 4.69) is 10.2 Å². The second kappa shape index (κ2) is 3.61. The summed E-state index contributed by atoms with van der Waals surface area (Å²) in [6.07, 6.45) is 3.12. The molecule has 15 heavy (non-hydrogen) atoms. The van der Waals surface area contributed by atoms with Gasteiger partial charge in [-0.3, -0.25) is 5.10 Å². The van der Waals surface area contributed by atoms with E-state index in [-0.39, 0.29) is 5.75 Å². The number of benzene rings is 1. The van der Waals surface area contributed by atoms with Crippen LogP contribution in [0.5, 0.6) is 5.75 Å². The topological polar surface area (TPSA) is 63.9 Å². The lowest BCUT2D eigenvalue weighted by Gasteiger charge is -2.07. The van der Waals surface area contributed by atoms with Crippen LogP contribution >= 0.6 is 0 Å². The monoisotopic (exact) mass is 207 g/mol. The fourth-order valence-electron chi connectivity index (χ4n) is 1.38. The third-order valence-corrected chi connectivity index (χ3v) is 2.09. The predicted molar refractivity (Wildman–Crippen MR) is 54.9 cm³/mol. The lowest BCUT2D eigenvalue weighted by Crippen LogP contribution is -1.94. The highest BCUT2D eigenvalue weighted by Crippen LogP contribution is 2.31. The number of ether oxygens (including phenoxy) is 1. The van der Waals surface area contributed by atoms with Gasteiger partial charge in [0.05, 0.1) is 13.3 Å². The largest absolute Gasteiger partial charge is 0.494 e. The number of rotatable bonds is 2. The number of aromatic amines is 1. The van der Waals surface area contributed by atoms with Crippen LogP contribution in [0.4, 0.5) is 10.1 Å². The average Bonchev–Trinajstić information content (AvgIpc) is 2.74. The maximum absolute atomic E-state index is 13.8. The number of H-pyrrole nitrogens is 1. The Hall–Kier alpha value is -2.04. The van der Waals surface area contributed by atoms with Crippen LogP contribution in [0.25, 0.3) is 11.1 Å². The van der Waals surface area contributed by atoms with Gasteiger partial charge in [-0.1, -0.05) is 0 Å². The van der Waals surface area contributed by atoms with E-state index in [1.165, 1.54) is 19.4 Å². The number of nitrogens with zero attached hydrogens (tertiary/aromatic N) is 1. The number of hydrogen-bond acceptors (Lipinski definition) is 3. The highest BCUT2D eigenvalue weighted by atomic mass is 19.1. The van der Waals surface area contributed by atoms with E-state index in [0.717, 1.165) is 0 Å². The van der Waals surface area contributed by atoms with Crippen LogP contribution in [0.15, 0.2) is 24.5 Å². The molecule has 1 aromatic heterocycles. The molecule has 0 saturated heterocycles. The van der Waals surface area contributed by atoms with Gasteiger partial charge in [-0.15, -0.1) is 0 Å². The van der Waals surface area contributed by atoms with Crippen LogP contribution in [0, 0.1) is 5.82 Å². The number of anilines is 1. The first kappa shape index (κ1) is 9.51. The fraction of sp³-hybridized carbons (Fsp3) is 0.100. The summed E-state index contributed by atoms with van der Waals surface area (Å²) in [4.78, 5) is 0. The Morgan fingerprint density at radius 3 is 2.87 bits per heavy atom. The molecule has 3 N–H and O–H groups in total. The lowest BCUT2D eigenvalue weighted by molar-refractivity contribution is 0.387. The van der Waals surface area contributed by atoms with Gasteiger partial charge in [0.1, 0.15) is 0 Å². The number of halogens is 1. The van der Waals surface area contributed by atoms with Crippen LogP contribution < -0.4 is 10.5 Å². The smallest absolute Gasteiger partial charge is 0.173 e. The summed E-state index contributed by atoms with van der Waals surface area (Å²) in [7, 11) is 1.40. The molecule has 2 rings (SSSR count). The van der Waals surface area contributed by atoms with Crippen molar-refractivity contribution in [3.8, 4) is 16.9 Å². The van der Waals surface area contributed by atoms with Crippen LogP contribution in [0.1, 0.15) is 0 Å². The first-order valence-electron chi connectivity index (χ1n) is 4.34. The van der Waals surface area contributed by atoms with Crippen molar-refractivity contribution in [1.82, 2.24) is 10.2 Å². The summed E-state index contributed by atoms with van der Waals surface area (Å²) >= 11 is 0. The molecule has 0 saturated carbocycles. The molecule has 0 fully saturated rings. The van der Waals surface area contributed by atoms with Crippen molar-refractivity contribution >= 4 is 5.69 Å². The summed E-state index contributed by atoms with van der Waals surface area (Å²) in [5, 5.41) is 6.37. The molecule has 0 amide bonds. The molecule has 0 atom stereocenters. The van der Waals surface area contributed by atoms with Crippen molar-refractivity contribution in [3.05, 3.63) is 30.3 Å². The Morgan fingerprint density at radius 2 is 2.27 bits per heavy atom. The minimum absolute atomic E-state index is 0.131. The van der Waals surface area contributed by atoms with Crippen LogP contribution in [-0.4, -0.2) is 17.3 Å². The van der Waals surface area contributed by atoms with Gasteiger partial charge in [0, 0.05) is 29.1 Å². The minimum Gasteiger partial charge on any atom is -0.494 e. The van der Waals surface area contributed by atoms with Gasteiger partial charge in [-0.05, 0) is 6.07 Å². The minimum atomic E-state index is -0.437. The summed E-state index contributed by atoms with van der Waals surface area (Å²) < 4.78 is 18.7. The molecule has 0 radical (unpaired) electrons. The van der Waals surface area contributed by atoms with Crippen molar-refractivity contribution in [1.29, 1.82) is 0 Å². The van der Waals surface area contributed by atoms with E-state index >= 15 is 0 Å². The SMILES string of the molecule is COc1cc(N)cc(-c2cn[nH]c2)c1F. The Labute approximate surface area is 85.9 Å². The molecule has 5 heteroatoms. The number of aromatic nitrogens is 2. The van der Waals surface area contributed by atoms with E-state index in [9.17, 15) is 4.39 Å². The molecule has 0 bridgehead atoms. The molecule has 0 spiro atoms. The van der Waals surface area contributed by atoms with Gasteiger partial charge in [0.2, 0.25) is 0 Å². The second-order valence-electron chi connectivity index (χ2n) is 3.07. The van der Waals surface area contributed by atoms with E-state index in [1.807, 2.05) is 0 Å². The Morgan fingerprint density at radius 1 is 1.47 bits per heavy atom. The zero-order valence-electron chi connectivity index (χ0n) is 8.12. The normalized spacial score (nSPS) is 10.3. The maximum atomic E-state index is 13.8. The molecule has 4 nitrogen and oxygen atoms in total. The second-order valence-corrected chi connectivity index (χ2v) is 3.07. The molecule has 2 aromatic rings. The molecule has 0 aliphatic carbocycles. The number of nitrogens with two attached hydrogens (primary N) is 1. The zero-order valence-corrected chi connectivity index (χ0v) is 8.12. The van der Waals surface area contributed by atoms with Gasteiger partial charge in [-0.25, -0.2) is 4.39 Å². The van der Waals surface area contributed by atoms with E-state index in [0.29, 0.717) is 16.8 Å². The number of nitrogen functional groups attached to an aromatic ring is 1. The standard InChI is InChI=1S/C10H10FN3O/c1-15-9-3-7(12)2-8(10(9)11)6-4-13-14-5-6/h2-5H,12H2,1H3,(H,13,14). The molecule has 0 aliphatic rings.